The van der Waals surface area contributed by atoms with Crippen LogP contribution in [-0.4, -0.2) is 47.0 Å². The van der Waals surface area contributed by atoms with Crippen molar-refractivity contribution in [1.29, 1.82) is 0 Å². The highest BCUT2D eigenvalue weighted by Gasteiger charge is 2.10. The molecule has 0 atom stereocenters. The van der Waals surface area contributed by atoms with Gasteiger partial charge in [-0.3, -0.25) is 4.79 Å². The molecular formula is C9H19NO5S. The van der Waals surface area contributed by atoms with Crippen LogP contribution in [0.2, 0.25) is 0 Å². The Morgan fingerprint density at radius 1 is 1.38 bits per heavy atom. The van der Waals surface area contributed by atoms with E-state index >= 15 is 0 Å². The van der Waals surface area contributed by atoms with Gasteiger partial charge in [-0.15, -0.1) is 0 Å². The van der Waals surface area contributed by atoms with E-state index in [0.29, 0.717) is 13.2 Å². The van der Waals surface area contributed by atoms with Gasteiger partial charge in [-0.05, 0) is 13.3 Å². The fourth-order valence-electron chi connectivity index (χ4n) is 0.994. The van der Waals surface area contributed by atoms with Crippen molar-refractivity contribution in [3.63, 3.8) is 0 Å². The molecule has 0 aliphatic rings. The molecule has 0 heterocycles. The predicted molar refractivity (Wildman–Crippen MR) is 59.5 cm³/mol. The average molecular weight is 253 g/mol. The van der Waals surface area contributed by atoms with Crippen molar-refractivity contribution in [2.24, 2.45) is 0 Å². The third-order valence-corrected chi connectivity index (χ3v) is 3.26. The standard InChI is InChI=1S/C9H19NO5S/c1-3-15-7-6-10-16(12,13)8-4-5-9(11)14-2/h10H,3-8H2,1-2H3. The maximum Gasteiger partial charge on any atom is 0.305 e. The van der Waals surface area contributed by atoms with Crippen molar-refractivity contribution in [3.8, 4) is 0 Å². The number of hydrogen-bond donors (Lipinski definition) is 1. The molecule has 0 aliphatic heterocycles. The van der Waals surface area contributed by atoms with Crippen LogP contribution in [0.25, 0.3) is 0 Å². The van der Waals surface area contributed by atoms with Crippen LogP contribution in [0.1, 0.15) is 19.8 Å². The lowest BCUT2D eigenvalue weighted by Gasteiger charge is -2.06. The molecule has 0 saturated heterocycles. The van der Waals surface area contributed by atoms with Gasteiger partial charge in [0, 0.05) is 19.6 Å². The average Bonchev–Trinajstić information content (AvgIpc) is 2.24. The molecule has 0 radical (unpaired) electrons. The molecule has 6 nitrogen and oxygen atoms in total. The molecule has 1 N–H and O–H groups in total. The van der Waals surface area contributed by atoms with Crippen molar-refractivity contribution in [3.05, 3.63) is 0 Å². The van der Waals surface area contributed by atoms with Crippen LogP contribution in [0.15, 0.2) is 0 Å². The molecule has 0 aliphatic carbocycles. The first-order valence-corrected chi connectivity index (χ1v) is 6.79. The van der Waals surface area contributed by atoms with Crippen LogP contribution < -0.4 is 4.72 Å². The zero-order valence-corrected chi connectivity index (χ0v) is 10.5. The summed E-state index contributed by atoms with van der Waals surface area (Å²) < 4.78 is 34.5. The lowest BCUT2D eigenvalue weighted by molar-refractivity contribution is -0.140. The number of methoxy groups -OCH3 is 1. The molecule has 96 valence electrons. The Balaban J connectivity index is 3.66. The minimum Gasteiger partial charge on any atom is -0.469 e. The summed E-state index contributed by atoms with van der Waals surface area (Å²) in [6.45, 7) is 3.01. The van der Waals surface area contributed by atoms with Gasteiger partial charge in [0.25, 0.3) is 0 Å². The number of rotatable bonds is 9. The second kappa shape index (κ2) is 8.49. The summed E-state index contributed by atoms with van der Waals surface area (Å²) in [6, 6.07) is 0. The number of ether oxygens (including phenoxy) is 2. The Bertz CT molecular complexity index is 288. The fraction of sp³-hybridized carbons (Fsp3) is 0.889. The fourth-order valence-corrected chi connectivity index (χ4v) is 2.06. The van der Waals surface area contributed by atoms with Gasteiger partial charge in [0.15, 0.2) is 0 Å². The number of carbonyl (C=O) groups is 1. The molecule has 0 unspecified atom stereocenters. The van der Waals surface area contributed by atoms with E-state index in [1.54, 1.807) is 0 Å². The molecule has 0 aromatic rings. The smallest absolute Gasteiger partial charge is 0.305 e. The number of hydrogen-bond acceptors (Lipinski definition) is 5. The molecule has 0 bridgehead atoms. The van der Waals surface area contributed by atoms with Gasteiger partial charge in [0.05, 0.1) is 19.5 Å². The lowest BCUT2D eigenvalue weighted by Crippen LogP contribution is -2.29. The van der Waals surface area contributed by atoms with Gasteiger partial charge in [-0.25, -0.2) is 13.1 Å². The van der Waals surface area contributed by atoms with E-state index in [1.807, 2.05) is 6.92 Å². The number of carbonyl (C=O) groups excluding carboxylic acids is 1. The summed E-state index contributed by atoms with van der Waals surface area (Å²) in [4.78, 5) is 10.7. The quantitative estimate of drug-likeness (QED) is 0.458. The van der Waals surface area contributed by atoms with Gasteiger partial charge in [0.2, 0.25) is 10.0 Å². The van der Waals surface area contributed by atoms with Gasteiger partial charge in [-0.1, -0.05) is 0 Å². The zero-order chi connectivity index (χ0) is 12.4. The third kappa shape index (κ3) is 8.63. The monoisotopic (exact) mass is 253 g/mol. The number of esters is 1. The second-order valence-corrected chi connectivity index (χ2v) is 5.02. The van der Waals surface area contributed by atoms with Crippen molar-refractivity contribution in [1.82, 2.24) is 4.72 Å². The predicted octanol–water partition coefficient (Wildman–Crippen LogP) is -0.104. The Morgan fingerprint density at radius 3 is 2.62 bits per heavy atom. The van der Waals surface area contributed by atoms with E-state index < -0.39 is 16.0 Å². The third-order valence-electron chi connectivity index (χ3n) is 1.79. The Labute approximate surface area is 96.4 Å². The van der Waals surface area contributed by atoms with Gasteiger partial charge in [0.1, 0.15) is 0 Å². The largest absolute Gasteiger partial charge is 0.469 e. The lowest BCUT2D eigenvalue weighted by atomic mass is 10.3. The van der Waals surface area contributed by atoms with E-state index in [2.05, 4.69) is 9.46 Å². The van der Waals surface area contributed by atoms with Gasteiger partial charge >= 0.3 is 5.97 Å². The van der Waals surface area contributed by atoms with Crippen LogP contribution in [0.5, 0.6) is 0 Å². The molecule has 0 fully saturated rings. The van der Waals surface area contributed by atoms with Gasteiger partial charge in [-0.2, -0.15) is 0 Å². The Morgan fingerprint density at radius 2 is 2.06 bits per heavy atom. The molecule has 0 saturated carbocycles. The summed E-state index contributed by atoms with van der Waals surface area (Å²) >= 11 is 0. The molecule has 0 aromatic carbocycles. The van der Waals surface area contributed by atoms with E-state index in [0.717, 1.165) is 0 Å². The summed E-state index contributed by atoms with van der Waals surface area (Å²) in [5.74, 6) is -0.474. The van der Waals surface area contributed by atoms with E-state index in [1.165, 1.54) is 7.11 Å². The molecule has 7 heteroatoms. The SMILES string of the molecule is CCOCCNS(=O)(=O)CCCC(=O)OC. The van der Waals surface area contributed by atoms with Crippen LogP contribution in [0, 0.1) is 0 Å². The van der Waals surface area contributed by atoms with Crippen LogP contribution >= 0.6 is 0 Å². The minimum absolute atomic E-state index is 0.0752. The van der Waals surface area contributed by atoms with E-state index in [-0.39, 0.29) is 25.1 Å². The topological polar surface area (TPSA) is 81.7 Å². The molecule has 0 amide bonds. The number of nitrogens with one attached hydrogen (secondary N) is 1. The van der Waals surface area contributed by atoms with E-state index in [4.69, 9.17) is 4.74 Å². The van der Waals surface area contributed by atoms with Crippen molar-refractivity contribution >= 4 is 16.0 Å². The molecule has 0 spiro atoms. The first kappa shape index (κ1) is 15.3. The Kier molecular flexibility index (Phi) is 8.14. The highest BCUT2D eigenvalue weighted by Crippen LogP contribution is 1.96. The molecular weight excluding hydrogens is 234 g/mol. The zero-order valence-electron chi connectivity index (χ0n) is 9.69. The first-order valence-electron chi connectivity index (χ1n) is 5.13. The first-order chi connectivity index (χ1) is 7.52. The normalized spacial score (nSPS) is 11.4. The maximum absolute atomic E-state index is 11.3. The molecule has 16 heavy (non-hydrogen) atoms. The van der Waals surface area contributed by atoms with Gasteiger partial charge < -0.3 is 9.47 Å². The highest BCUT2D eigenvalue weighted by molar-refractivity contribution is 7.89. The van der Waals surface area contributed by atoms with Crippen LogP contribution in [0.4, 0.5) is 0 Å². The van der Waals surface area contributed by atoms with Crippen LogP contribution in [0.3, 0.4) is 0 Å². The highest BCUT2D eigenvalue weighted by atomic mass is 32.2. The van der Waals surface area contributed by atoms with Crippen molar-refractivity contribution in [2.45, 2.75) is 19.8 Å². The maximum atomic E-state index is 11.3. The van der Waals surface area contributed by atoms with Crippen molar-refractivity contribution < 1.29 is 22.7 Å². The minimum atomic E-state index is -3.30. The number of sulfonamides is 1. The second-order valence-electron chi connectivity index (χ2n) is 3.09. The Hall–Kier alpha value is -0.660. The van der Waals surface area contributed by atoms with E-state index in [9.17, 15) is 13.2 Å². The summed E-state index contributed by atoms with van der Waals surface area (Å²) in [5.41, 5.74) is 0. The summed E-state index contributed by atoms with van der Waals surface area (Å²) in [6.07, 6.45) is 0.375. The van der Waals surface area contributed by atoms with Crippen molar-refractivity contribution in [2.75, 3.05) is 32.6 Å². The molecule has 0 aromatic heterocycles. The summed E-state index contributed by atoms with van der Waals surface area (Å²) in [7, 11) is -2.03. The summed E-state index contributed by atoms with van der Waals surface area (Å²) in [5, 5.41) is 0. The molecule has 0 rings (SSSR count). The van der Waals surface area contributed by atoms with Crippen LogP contribution in [-0.2, 0) is 24.3 Å².